The molecule has 1 aromatic carbocycles. The molecule has 7 heteroatoms. The van der Waals surface area contributed by atoms with E-state index in [1.165, 1.54) is 4.31 Å². The molecule has 110 valence electrons. The molecule has 1 saturated heterocycles. The lowest BCUT2D eigenvalue weighted by molar-refractivity contribution is 0.280. The highest BCUT2D eigenvalue weighted by atomic mass is 32.2. The molecule has 2 heterocycles. The fourth-order valence-corrected chi connectivity index (χ4v) is 3.84. The molecule has 1 aromatic heterocycles. The van der Waals surface area contributed by atoms with Gasteiger partial charge in [0.15, 0.2) is 0 Å². The van der Waals surface area contributed by atoms with Gasteiger partial charge in [0.25, 0.3) is 0 Å². The van der Waals surface area contributed by atoms with Gasteiger partial charge in [-0.25, -0.2) is 18.4 Å². The Kier molecular flexibility index (Phi) is 3.60. The summed E-state index contributed by atoms with van der Waals surface area (Å²) in [5, 5.41) is 3.11. The maximum absolute atomic E-state index is 12.4. The topological polar surface area (TPSA) is 75.2 Å². The molecular formula is C14H16N4O2S. The van der Waals surface area contributed by atoms with Gasteiger partial charge in [0.1, 0.15) is 0 Å². The number of aryl methyl sites for hydroxylation is 1. The average Bonchev–Trinajstić information content (AvgIpc) is 2.43. The van der Waals surface area contributed by atoms with Crippen molar-refractivity contribution in [3.63, 3.8) is 0 Å². The predicted molar refractivity (Wildman–Crippen MR) is 79.4 cm³/mol. The number of nitrogens with one attached hydrogen (secondary N) is 1. The van der Waals surface area contributed by atoms with Gasteiger partial charge in [0, 0.05) is 25.5 Å². The van der Waals surface area contributed by atoms with Crippen LogP contribution in [0, 0.1) is 6.92 Å². The first kappa shape index (κ1) is 14.0. The predicted octanol–water partition coefficient (Wildman–Crippen LogP) is 1.27. The van der Waals surface area contributed by atoms with E-state index in [0.29, 0.717) is 23.9 Å². The van der Waals surface area contributed by atoms with E-state index in [2.05, 4.69) is 15.3 Å². The monoisotopic (exact) mass is 304 g/mol. The van der Waals surface area contributed by atoms with Crippen LogP contribution < -0.4 is 5.32 Å². The van der Waals surface area contributed by atoms with Crippen LogP contribution in [-0.2, 0) is 10.0 Å². The molecule has 0 saturated carbocycles. The number of hydrogen-bond acceptors (Lipinski definition) is 5. The quantitative estimate of drug-likeness (QED) is 0.920. The fraction of sp³-hybridized carbons (Fsp3) is 0.286. The normalized spacial score (nSPS) is 16.4. The van der Waals surface area contributed by atoms with Crippen LogP contribution in [0.2, 0.25) is 0 Å². The van der Waals surface area contributed by atoms with Crippen LogP contribution in [0.25, 0.3) is 0 Å². The first-order valence-electron chi connectivity index (χ1n) is 6.66. The maximum atomic E-state index is 12.4. The summed E-state index contributed by atoms with van der Waals surface area (Å²) in [6.45, 7) is 2.73. The number of nitrogens with zero attached hydrogens (tertiary/aromatic N) is 3. The van der Waals surface area contributed by atoms with Gasteiger partial charge in [-0.2, -0.15) is 4.31 Å². The number of anilines is 1. The highest BCUT2D eigenvalue weighted by molar-refractivity contribution is 7.89. The molecule has 6 nitrogen and oxygen atoms in total. The number of aromatic nitrogens is 2. The van der Waals surface area contributed by atoms with E-state index in [1.54, 1.807) is 36.7 Å². The average molecular weight is 304 g/mol. The summed E-state index contributed by atoms with van der Waals surface area (Å²) in [5.41, 5.74) is 0.934. The molecule has 21 heavy (non-hydrogen) atoms. The Morgan fingerprint density at radius 2 is 1.90 bits per heavy atom. The molecule has 0 bridgehead atoms. The van der Waals surface area contributed by atoms with Gasteiger partial charge in [-0.1, -0.05) is 12.1 Å². The van der Waals surface area contributed by atoms with Gasteiger partial charge < -0.3 is 5.32 Å². The molecule has 0 aliphatic carbocycles. The molecule has 3 rings (SSSR count). The number of rotatable bonds is 4. The Morgan fingerprint density at radius 1 is 1.19 bits per heavy atom. The van der Waals surface area contributed by atoms with Crippen molar-refractivity contribution in [2.24, 2.45) is 0 Å². The summed E-state index contributed by atoms with van der Waals surface area (Å²) < 4.78 is 26.3. The molecule has 1 aliphatic rings. The number of sulfonamides is 1. The Bertz CT molecular complexity index is 728. The summed E-state index contributed by atoms with van der Waals surface area (Å²) in [4.78, 5) is 8.48. The minimum atomic E-state index is -3.40. The zero-order valence-electron chi connectivity index (χ0n) is 11.6. The maximum Gasteiger partial charge on any atom is 0.243 e. The van der Waals surface area contributed by atoms with E-state index in [1.807, 2.05) is 13.0 Å². The first-order chi connectivity index (χ1) is 10.1. The molecule has 1 fully saturated rings. The second-order valence-electron chi connectivity index (χ2n) is 5.05. The van der Waals surface area contributed by atoms with E-state index < -0.39 is 10.0 Å². The SMILES string of the molecule is Cc1cccc(S(=O)(=O)N2CC(Nc3ncccn3)C2)c1. The summed E-state index contributed by atoms with van der Waals surface area (Å²) in [6, 6.07) is 8.74. The van der Waals surface area contributed by atoms with Gasteiger partial charge in [0.2, 0.25) is 16.0 Å². The van der Waals surface area contributed by atoms with Crippen molar-refractivity contribution in [3.05, 3.63) is 48.3 Å². The molecule has 0 amide bonds. The van der Waals surface area contributed by atoms with Crippen molar-refractivity contribution in [2.45, 2.75) is 17.9 Å². The summed E-state index contributed by atoms with van der Waals surface area (Å²) in [6.07, 6.45) is 3.30. The van der Waals surface area contributed by atoms with Gasteiger partial charge >= 0.3 is 0 Å². The lowest BCUT2D eigenvalue weighted by Crippen LogP contribution is -2.56. The Morgan fingerprint density at radius 3 is 2.57 bits per heavy atom. The molecule has 1 aliphatic heterocycles. The lowest BCUT2D eigenvalue weighted by atomic mass is 10.2. The first-order valence-corrected chi connectivity index (χ1v) is 8.10. The fourth-order valence-electron chi connectivity index (χ4n) is 2.21. The highest BCUT2D eigenvalue weighted by Gasteiger charge is 2.36. The third-order valence-corrected chi connectivity index (χ3v) is 5.20. The van der Waals surface area contributed by atoms with Crippen LogP contribution in [0.3, 0.4) is 0 Å². The third kappa shape index (κ3) is 2.88. The van der Waals surface area contributed by atoms with Crippen LogP contribution in [0.15, 0.2) is 47.6 Å². The van der Waals surface area contributed by atoms with Crippen molar-refractivity contribution < 1.29 is 8.42 Å². The van der Waals surface area contributed by atoms with Crippen molar-refractivity contribution in [1.29, 1.82) is 0 Å². The van der Waals surface area contributed by atoms with Crippen molar-refractivity contribution in [1.82, 2.24) is 14.3 Å². The van der Waals surface area contributed by atoms with E-state index in [4.69, 9.17) is 0 Å². The Balaban J connectivity index is 1.65. The van der Waals surface area contributed by atoms with Crippen molar-refractivity contribution in [3.8, 4) is 0 Å². The standard InChI is InChI=1S/C14H16N4O2S/c1-11-4-2-5-13(8-11)21(19,20)18-9-12(10-18)17-14-15-6-3-7-16-14/h2-8,12H,9-10H2,1H3,(H,15,16,17). The molecule has 2 aromatic rings. The van der Waals surface area contributed by atoms with Gasteiger partial charge in [-0.3, -0.25) is 0 Å². The van der Waals surface area contributed by atoms with Crippen LogP contribution in [0.1, 0.15) is 5.56 Å². The van der Waals surface area contributed by atoms with E-state index in [0.717, 1.165) is 5.56 Å². The summed E-state index contributed by atoms with van der Waals surface area (Å²) in [5.74, 6) is 0.523. The molecule has 1 N–H and O–H groups in total. The Hall–Kier alpha value is -1.99. The zero-order valence-corrected chi connectivity index (χ0v) is 12.4. The van der Waals surface area contributed by atoms with E-state index >= 15 is 0 Å². The number of benzene rings is 1. The summed E-state index contributed by atoms with van der Waals surface area (Å²) >= 11 is 0. The van der Waals surface area contributed by atoms with Crippen LogP contribution in [0.5, 0.6) is 0 Å². The van der Waals surface area contributed by atoms with Gasteiger partial charge in [-0.05, 0) is 30.7 Å². The molecular weight excluding hydrogens is 288 g/mol. The highest BCUT2D eigenvalue weighted by Crippen LogP contribution is 2.23. The smallest absolute Gasteiger partial charge is 0.243 e. The second-order valence-corrected chi connectivity index (χ2v) is 6.99. The second kappa shape index (κ2) is 5.42. The minimum absolute atomic E-state index is 0.0481. The lowest BCUT2D eigenvalue weighted by Gasteiger charge is -2.38. The molecule has 0 unspecified atom stereocenters. The number of hydrogen-bond donors (Lipinski definition) is 1. The largest absolute Gasteiger partial charge is 0.349 e. The van der Waals surface area contributed by atoms with E-state index in [-0.39, 0.29) is 6.04 Å². The van der Waals surface area contributed by atoms with Crippen molar-refractivity contribution in [2.75, 3.05) is 18.4 Å². The summed E-state index contributed by atoms with van der Waals surface area (Å²) in [7, 11) is -3.40. The van der Waals surface area contributed by atoms with Gasteiger partial charge in [-0.15, -0.1) is 0 Å². The zero-order chi connectivity index (χ0) is 14.9. The van der Waals surface area contributed by atoms with Crippen LogP contribution in [-0.4, -0.2) is 41.8 Å². The van der Waals surface area contributed by atoms with Crippen LogP contribution >= 0.6 is 0 Å². The van der Waals surface area contributed by atoms with Crippen LogP contribution in [0.4, 0.5) is 5.95 Å². The third-order valence-electron chi connectivity index (χ3n) is 3.37. The molecule has 0 spiro atoms. The Labute approximate surface area is 123 Å². The van der Waals surface area contributed by atoms with Gasteiger partial charge in [0.05, 0.1) is 10.9 Å². The molecule has 0 atom stereocenters. The molecule has 0 radical (unpaired) electrons. The van der Waals surface area contributed by atoms with E-state index in [9.17, 15) is 8.42 Å². The van der Waals surface area contributed by atoms with Crippen molar-refractivity contribution >= 4 is 16.0 Å². The minimum Gasteiger partial charge on any atom is -0.349 e.